The summed E-state index contributed by atoms with van der Waals surface area (Å²) in [6, 6.07) is 12.8. The van der Waals surface area contributed by atoms with Crippen LogP contribution in [-0.4, -0.2) is 26.2 Å². The minimum atomic E-state index is 0. The van der Waals surface area contributed by atoms with Crippen molar-refractivity contribution < 1.29 is 47.2 Å². The van der Waals surface area contributed by atoms with E-state index < -0.39 is 0 Å². The van der Waals surface area contributed by atoms with E-state index >= 15 is 0 Å². The molecule has 0 heterocycles. The topological polar surface area (TPSA) is 36.1 Å². The number of anilines is 2. The Kier molecular flexibility index (Phi) is 15.2. The van der Waals surface area contributed by atoms with Crippen molar-refractivity contribution in [3.8, 4) is 0 Å². The van der Waals surface area contributed by atoms with Gasteiger partial charge in [0.2, 0.25) is 0 Å². The summed E-state index contributed by atoms with van der Waals surface area (Å²) < 4.78 is 0. The molecule has 0 aromatic heterocycles. The van der Waals surface area contributed by atoms with Crippen molar-refractivity contribution in [1.82, 2.24) is 5.32 Å². The summed E-state index contributed by atoms with van der Waals surface area (Å²) in [7, 11) is 0. The zero-order valence-corrected chi connectivity index (χ0v) is 19.5. The van der Waals surface area contributed by atoms with E-state index in [2.05, 4.69) is 80.0 Å². The molecular weight excluding hydrogens is 550 g/mol. The van der Waals surface area contributed by atoms with Gasteiger partial charge in [0.1, 0.15) is 0 Å². The summed E-state index contributed by atoms with van der Waals surface area (Å²) in [6.45, 7) is 12.4. The van der Waals surface area contributed by atoms with Crippen LogP contribution in [0, 0.1) is 27.7 Å². The summed E-state index contributed by atoms with van der Waals surface area (Å²) in [5, 5.41) is 10.5. The first-order valence-corrected chi connectivity index (χ1v) is 8.40. The Bertz CT molecular complexity index is 555. The van der Waals surface area contributed by atoms with Gasteiger partial charge in [-0.2, -0.15) is 0 Å². The Morgan fingerprint density at radius 1 is 0.577 bits per heavy atom. The summed E-state index contributed by atoms with van der Waals surface area (Å²) in [4.78, 5) is 0. The third-order valence-electron chi connectivity index (χ3n) is 4.17. The maximum absolute atomic E-state index is 3.53. The average Bonchev–Trinajstić information content (AvgIpc) is 2.51. The number of nitrogens with one attached hydrogen (secondary N) is 3. The molecule has 151 valence electrons. The number of hydrogen-bond donors (Lipinski definition) is 3. The average molecular weight is 579 g/mol. The standard InChI is InChI=1S/C20H29N3.Au.2ClH/c1-15-7-5-8-16(2)19(15)22-13-11-21-12-14-23-20-17(3)9-6-10-18(20)4;;;/h5-10,21-23H,11-14H2,1-4H3;;2*1H/p-2. The number of aryl methyl sites for hydroxylation is 4. The first-order chi connectivity index (χ1) is 11.1. The van der Waals surface area contributed by atoms with Crippen molar-refractivity contribution in [2.45, 2.75) is 27.7 Å². The summed E-state index contributed by atoms with van der Waals surface area (Å²) >= 11 is 0. The maximum Gasteiger partial charge on any atom is 0.0400 e. The Morgan fingerprint density at radius 2 is 0.885 bits per heavy atom. The normalized spacial score (nSPS) is 9.38. The molecule has 0 unspecified atom stereocenters. The van der Waals surface area contributed by atoms with Crippen LogP contribution in [0.5, 0.6) is 0 Å². The maximum atomic E-state index is 3.53. The van der Waals surface area contributed by atoms with E-state index in [4.69, 9.17) is 0 Å². The van der Waals surface area contributed by atoms with E-state index in [0.29, 0.717) is 0 Å². The van der Waals surface area contributed by atoms with Gasteiger partial charge in [-0.05, 0) is 49.9 Å². The van der Waals surface area contributed by atoms with E-state index in [1.54, 1.807) is 0 Å². The molecule has 0 atom stereocenters. The van der Waals surface area contributed by atoms with Crippen LogP contribution in [0.25, 0.3) is 0 Å². The van der Waals surface area contributed by atoms with Gasteiger partial charge in [0, 0.05) is 59.9 Å². The molecule has 0 aliphatic heterocycles. The molecule has 26 heavy (non-hydrogen) atoms. The van der Waals surface area contributed by atoms with Crippen LogP contribution in [0.15, 0.2) is 36.4 Å². The largest absolute Gasteiger partial charge is 1.00 e. The monoisotopic (exact) mass is 578 g/mol. The molecule has 2 aromatic rings. The molecule has 1 radical (unpaired) electrons. The van der Waals surface area contributed by atoms with Crippen molar-refractivity contribution in [1.29, 1.82) is 0 Å². The van der Waals surface area contributed by atoms with Gasteiger partial charge < -0.3 is 40.8 Å². The number of hydrogen-bond acceptors (Lipinski definition) is 3. The van der Waals surface area contributed by atoms with Crippen molar-refractivity contribution in [2.24, 2.45) is 0 Å². The Morgan fingerprint density at radius 3 is 1.19 bits per heavy atom. The van der Waals surface area contributed by atoms with Crippen LogP contribution in [0.1, 0.15) is 22.3 Å². The molecule has 6 heteroatoms. The predicted molar refractivity (Wildman–Crippen MR) is 102 cm³/mol. The molecule has 3 N–H and O–H groups in total. The van der Waals surface area contributed by atoms with Gasteiger partial charge >= 0.3 is 0 Å². The zero-order chi connectivity index (χ0) is 16.7. The number of rotatable bonds is 8. The van der Waals surface area contributed by atoms with Crippen LogP contribution in [0.4, 0.5) is 11.4 Å². The fourth-order valence-corrected chi connectivity index (χ4v) is 2.86. The molecular formula is C20H29AuCl2N3-2. The zero-order valence-electron chi connectivity index (χ0n) is 15.8. The second-order valence-corrected chi connectivity index (χ2v) is 6.14. The molecule has 2 aromatic carbocycles. The minimum absolute atomic E-state index is 0. The Balaban J connectivity index is 0. The molecule has 2 rings (SSSR count). The third-order valence-corrected chi connectivity index (χ3v) is 4.17. The summed E-state index contributed by atoms with van der Waals surface area (Å²) in [6.07, 6.45) is 0. The van der Waals surface area contributed by atoms with Crippen LogP contribution in [-0.2, 0) is 22.4 Å². The first-order valence-electron chi connectivity index (χ1n) is 8.40. The minimum Gasteiger partial charge on any atom is -1.00 e. The quantitative estimate of drug-likeness (QED) is 0.252. The van der Waals surface area contributed by atoms with Crippen molar-refractivity contribution in [2.75, 3.05) is 36.8 Å². The van der Waals surface area contributed by atoms with E-state index in [1.165, 1.54) is 33.6 Å². The number of benzene rings is 2. The van der Waals surface area contributed by atoms with Gasteiger partial charge in [0.25, 0.3) is 0 Å². The van der Waals surface area contributed by atoms with Crippen molar-refractivity contribution in [3.05, 3.63) is 58.7 Å². The Hall–Kier alpha value is -0.680. The van der Waals surface area contributed by atoms with E-state index in [1.807, 2.05) is 0 Å². The predicted octanol–water partition coefficient (Wildman–Crippen LogP) is -1.96. The fraction of sp³-hybridized carbons (Fsp3) is 0.400. The molecule has 0 saturated heterocycles. The molecule has 0 amide bonds. The van der Waals surface area contributed by atoms with Gasteiger partial charge in [0.05, 0.1) is 0 Å². The SMILES string of the molecule is Cc1cccc(C)c1NCCNCCNc1c(C)cccc1C.[Au].[Cl-].[Cl-]. The Labute approximate surface area is 186 Å². The van der Waals surface area contributed by atoms with Crippen LogP contribution in [0.3, 0.4) is 0 Å². The van der Waals surface area contributed by atoms with Crippen LogP contribution >= 0.6 is 0 Å². The molecule has 0 spiro atoms. The third kappa shape index (κ3) is 8.34. The summed E-state index contributed by atoms with van der Waals surface area (Å²) in [5.41, 5.74) is 7.76. The van der Waals surface area contributed by atoms with E-state index in [0.717, 1.165) is 26.2 Å². The van der Waals surface area contributed by atoms with E-state index in [9.17, 15) is 0 Å². The van der Waals surface area contributed by atoms with Gasteiger partial charge in [-0.25, -0.2) is 0 Å². The first kappa shape index (κ1) is 27.5. The van der Waals surface area contributed by atoms with Crippen molar-refractivity contribution in [3.63, 3.8) is 0 Å². The smallest absolute Gasteiger partial charge is 0.0400 e. The van der Waals surface area contributed by atoms with E-state index in [-0.39, 0.29) is 47.2 Å². The fourth-order valence-electron chi connectivity index (χ4n) is 2.86. The number of para-hydroxylation sites is 2. The second kappa shape index (κ2) is 14.4. The van der Waals surface area contributed by atoms with Gasteiger partial charge in [-0.3, -0.25) is 0 Å². The molecule has 0 aliphatic rings. The second-order valence-electron chi connectivity index (χ2n) is 6.14. The van der Waals surface area contributed by atoms with Gasteiger partial charge in [-0.15, -0.1) is 0 Å². The molecule has 0 fully saturated rings. The summed E-state index contributed by atoms with van der Waals surface area (Å²) in [5.74, 6) is 0. The van der Waals surface area contributed by atoms with Crippen molar-refractivity contribution >= 4 is 11.4 Å². The van der Waals surface area contributed by atoms with Crippen LogP contribution in [0.2, 0.25) is 0 Å². The molecule has 0 bridgehead atoms. The van der Waals surface area contributed by atoms with Gasteiger partial charge in [-0.1, -0.05) is 36.4 Å². The molecule has 0 aliphatic carbocycles. The number of halogens is 2. The van der Waals surface area contributed by atoms with Gasteiger partial charge in [0.15, 0.2) is 0 Å². The van der Waals surface area contributed by atoms with Crippen LogP contribution < -0.4 is 40.8 Å². The molecule has 3 nitrogen and oxygen atoms in total. The molecule has 0 saturated carbocycles.